The van der Waals surface area contributed by atoms with Gasteiger partial charge in [0.15, 0.2) is 0 Å². The second-order valence-corrected chi connectivity index (χ2v) is 5.83. The molecule has 6 heteroatoms. The molecule has 0 aliphatic carbocycles. The number of nitrogens with one attached hydrogen (secondary N) is 2. The van der Waals surface area contributed by atoms with E-state index < -0.39 is 0 Å². The number of hydrogen-bond donors (Lipinski definition) is 2. The van der Waals surface area contributed by atoms with Crippen molar-refractivity contribution in [2.75, 3.05) is 51.6 Å². The van der Waals surface area contributed by atoms with Gasteiger partial charge in [-0.3, -0.25) is 0 Å². The van der Waals surface area contributed by atoms with Crippen molar-refractivity contribution in [3.05, 3.63) is 29.3 Å². The Balaban J connectivity index is 1.59. The van der Waals surface area contributed by atoms with Crippen LogP contribution in [0.3, 0.4) is 0 Å². The van der Waals surface area contributed by atoms with E-state index in [1.807, 2.05) is 12.1 Å². The highest BCUT2D eigenvalue weighted by molar-refractivity contribution is 6.30. The van der Waals surface area contributed by atoms with Gasteiger partial charge in [-0.1, -0.05) is 17.7 Å². The minimum atomic E-state index is -0.185. The first-order chi connectivity index (χ1) is 10.1. The number of nitrogens with zero attached hydrogens (tertiary/aromatic N) is 2. The molecule has 1 heterocycles. The van der Waals surface area contributed by atoms with E-state index in [2.05, 4.69) is 27.5 Å². The quantitative estimate of drug-likeness (QED) is 0.819. The number of hydrogen-bond acceptors (Lipinski definition) is 3. The van der Waals surface area contributed by atoms with Crippen molar-refractivity contribution in [3.63, 3.8) is 0 Å². The zero-order valence-electron chi connectivity index (χ0n) is 12.4. The van der Waals surface area contributed by atoms with Gasteiger partial charge in [-0.25, -0.2) is 4.79 Å². The number of amides is 2. The molecule has 2 amide bonds. The second kappa shape index (κ2) is 8.22. The molecule has 0 atom stereocenters. The third-order valence-corrected chi connectivity index (χ3v) is 3.85. The third kappa shape index (κ3) is 5.91. The zero-order chi connectivity index (χ0) is 15.1. The molecular formula is C15H23ClN4O. The number of carbonyl (C=O) groups excluding carboxylic acids is 1. The van der Waals surface area contributed by atoms with Crippen molar-refractivity contribution in [1.29, 1.82) is 0 Å². The monoisotopic (exact) mass is 310 g/mol. The average molecular weight is 311 g/mol. The summed E-state index contributed by atoms with van der Waals surface area (Å²) >= 11 is 5.87. The van der Waals surface area contributed by atoms with Crippen molar-refractivity contribution < 1.29 is 4.79 Å². The van der Waals surface area contributed by atoms with Crippen LogP contribution < -0.4 is 10.6 Å². The lowest BCUT2D eigenvalue weighted by Crippen LogP contribution is -2.45. The van der Waals surface area contributed by atoms with Gasteiger partial charge in [-0.15, -0.1) is 0 Å². The highest BCUT2D eigenvalue weighted by Gasteiger charge is 2.12. The van der Waals surface area contributed by atoms with Gasteiger partial charge < -0.3 is 20.4 Å². The van der Waals surface area contributed by atoms with E-state index in [1.165, 1.54) is 0 Å². The number of piperazine rings is 1. The fourth-order valence-corrected chi connectivity index (χ4v) is 2.51. The normalized spacial score (nSPS) is 16.7. The molecular weight excluding hydrogens is 288 g/mol. The minimum Gasteiger partial charge on any atom is -0.338 e. The lowest BCUT2D eigenvalue weighted by Gasteiger charge is -2.32. The molecule has 0 saturated carbocycles. The number of anilines is 1. The van der Waals surface area contributed by atoms with Crippen LogP contribution in [0, 0.1) is 0 Å². The fourth-order valence-electron chi connectivity index (χ4n) is 2.32. The predicted octanol–water partition coefficient (Wildman–Crippen LogP) is 2.10. The molecule has 1 aromatic rings. The summed E-state index contributed by atoms with van der Waals surface area (Å²) in [6, 6.07) is 6.95. The van der Waals surface area contributed by atoms with Crippen molar-refractivity contribution in [2.24, 2.45) is 0 Å². The molecule has 0 unspecified atom stereocenters. The molecule has 2 rings (SSSR count). The van der Waals surface area contributed by atoms with Crippen LogP contribution in [-0.4, -0.2) is 62.1 Å². The summed E-state index contributed by atoms with van der Waals surface area (Å²) in [5.74, 6) is 0. The minimum absolute atomic E-state index is 0.185. The van der Waals surface area contributed by atoms with Crippen LogP contribution in [-0.2, 0) is 0 Å². The number of rotatable bonds is 5. The topological polar surface area (TPSA) is 47.6 Å². The molecule has 0 spiro atoms. The van der Waals surface area contributed by atoms with Crippen molar-refractivity contribution in [2.45, 2.75) is 6.42 Å². The molecule has 116 valence electrons. The molecule has 1 aliphatic rings. The summed E-state index contributed by atoms with van der Waals surface area (Å²) in [5.41, 5.74) is 0.707. The lowest BCUT2D eigenvalue weighted by molar-refractivity contribution is 0.153. The number of urea groups is 1. The Kier molecular flexibility index (Phi) is 6.29. The van der Waals surface area contributed by atoms with E-state index in [-0.39, 0.29) is 6.03 Å². The first kappa shape index (κ1) is 16.1. The average Bonchev–Trinajstić information content (AvgIpc) is 2.45. The maximum Gasteiger partial charge on any atom is 0.319 e. The fraction of sp³-hybridized carbons (Fsp3) is 0.533. The van der Waals surface area contributed by atoms with Gasteiger partial charge in [0.25, 0.3) is 0 Å². The molecule has 1 aliphatic heterocycles. The number of benzene rings is 1. The highest BCUT2D eigenvalue weighted by Crippen LogP contribution is 2.14. The van der Waals surface area contributed by atoms with Crippen LogP contribution in [0.4, 0.5) is 10.5 Å². The first-order valence-electron chi connectivity index (χ1n) is 7.35. The van der Waals surface area contributed by atoms with Gasteiger partial charge in [0.1, 0.15) is 0 Å². The van der Waals surface area contributed by atoms with E-state index in [9.17, 15) is 4.79 Å². The summed E-state index contributed by atoms with van der Waals surface area (Å²) in [6.45, 7) is 6.20. The summed E-state index contributed by atoms with van der Waals surface area (Å²) < 4.78 is 0. The first-order valence-corrected chi connectivity index (χ1v) is 7.72. The maximum atomic E-state index is 11.7. The van der Waals surface area contributed by atoms with E-state index in [4.69, 9.17) is 11.6 Å². The Morgan fingerprint density at radius 2 is 2.05 bits per heavy atom. The molecule has 0 radical (unpaired) electrons. The molecule has 5 nitrogen and oxygen atoms in total. The molecule has 0 bridgehead atoms. The lowest BCUT2D eigenvalue weighted by atomic mass is 10.3. The Labute approximate surface area is 131 Å². The van der Waals surface area contributed by atoms with Gasteiger partial charge in [-0.2, -0.15) is 0 Å². The van der Waals surface area contributed by atoms with Gasteiger partial charge in [-0.05, 0) is 38.2 Å². The van der Waals surface area contributed by atoms with Crippen molar-refractivity contribution in [1.82, 2.24) is 15.1 Å². The summed E-state index contributed by atoms with van der Waals surface area (Å²) in [6.07, 6.45) is 0.965. The van der Waals surface area contributed by atoms with Gasteiger partial charge in [0, 0.05) is 43.4 Å². The maximum absolute atomic E-state index is 11.7. The number of likely N-dealkylation sites (N-methyl/N-ethyl adjacent to an activating group) is 1. The number of carbonyl (C=O) groups is 1. The van der Waals surface area contributed by atoms with Crippen LogP contribution in [0.2, 0.25) is 5.02 Å². The Morgan fingerprint density at radius 1 is 1.29 bits per heavy atom. The van der Waals surface area contributed by atoms with E-state index >= 15 is 0 Å². The highest BCUT2D eigenvalue weighted by atomic mass is 35.5. The molecule has 2 N–H and O–H groups in total. The van der Waals surface area contributed by atoms with Gasteiger partial charge >= 0.3 is 6.03 Å². The molecule has 1 aromatic carbocycles. The summed E-state index contributed by atoms with van der Waals surface area (Å²) in [5, 5.41) is 6.25. The predicted molar refractivity (Wildman–Crippen MR) is 87.0 cm³/mol. The number of halogens is 1. The third-order valence-electron chi connectivity index (χ3n) is 3.62. The van der Waals surface area contributed by atoms with Crippen LogP contribution in [0.15, 0.2) is 24.3 Å². The molecule has 0 aromatic heterocycles. The van der Waals surface area contributed by atoms with Crippen molar-refractivity contribution >= 4 is 23.3 Å². The van der Waals surface area contributed by atoms with E-state index in [0.29, 0.717) is 17.3 Å². The zero-order valence-corrected chi connectivity index (χ0v) is 13.2. The Morgan fingerprint density at radius 3 is 2.76 bits per heavy atom. The molecule has 1 saturated heterocycles. The summed E-state index contributed by atoms with van der Waals surface area (Å²) in [7, 11) is 2.15. The van der Waals surface area contributed by atoms with Crippen LogP contribution in [0.25, 0.3) is 0 Å². The molecule has 1 fully saturated rings. The Hall–Kier alpha value is -1.30. The van der Waals surface area contributed by atoms with Crippen LogP contribution in [0.5, 0.6) is 0 Å². The van der Waals surface area contributed by atoms with Crippen molar-refractivity contribution in [3.8, 4) is 0 Å². The van der Waals surface area contributed by atoms with Gasteiger partial charge in [0.2, 0.25) is 0 Å². The Bertz CT molecular complexity index is 461. The standard InChI is InChI=1S/C15H23ClN4O/c1-19-8-10-20(11-9-19)7-3-6-17-15(21)18-14-5-2-4-13(16)12-14/h2,4-5,12H,3,6-11H2,1H3,(H2,17,18,21). The van der Waals surface area contributed by atoms with E-state index in [0.717, 1.165) is 39.1 Å². The van der Waals surface area contributed by atoms with Gasteiger partial charge in [0.05, 0.1) is 0 Å². The largest absolute Gasteiger partial charge is 0.338 e. The van der Waals surface area contributed by atoms with Crippen LogP contribution in [0.1, 0.15) is 6.42 Å². The van der Waals surface area contributed by atoms with Crippen LogP contribution >= 0.6 is 11.6 Å². The molecule has 21 heavy (non-hydrogen) atoms. The smallest absolute Gasteiger partial charge is 0.319 e. The second-order valence-electron chi connectivity index (χ2n) is 5.39. The summed E-state index contributed by atoms with van der Waals surface area (Å²) in [4.78, 5) is 16.5. The van der Waals surface area contributed by atoms with E-state index in [1.54, 1.807) is 12.1 Å². The SMILES string of the molecule is CN1CCN(CCCNC(=O)Nc2cccc(Cl)c2)CC1.